The fraction of sp³-hybridized carbons (Fsp3) is 0.214. The lowest BCUT2D eigenvalue weighted by molar-refractivity contribution is -0.121. The monoisotopic (exact) mass is 354 g/mol. The Labute approximate surface area is 142 Å². The molecule has 0 aliphatic rings. The summed E-state index contributed by atoms with van der Waals surface area (Å²) < 4.78 is 5.58. The van der Waals surface area contributed by atoms with Crippen LogP contribution in [0, 0.1) is 0 Å². The second-order valence-corrected chi connectivity index (χ2v) is 5.78. The first-order chi connectivity index (χ1) is 11.1. The van der Waals surface area contributed by atoms with E-state index in [2.05, 4.69) is 21.2 Å². The quantitative estimate of drug-likeness (QED) is 0.715. The molecular formula is C14H15ClN4O3S. The smallest absolute Gasteiger partial charge is 0.333 e. The third-order valence-corrected chi connectivity index (χ3v) is 3.78. The predicted molar refractivity (Wildman–Crippen MR) is 87.3 cm³/mol. The van der Waals surface area contributed by atoms with Crippen molar-refractivity contribution in [1.82, 2.24) is 21.2 Å². The van der Waals surface area contributed by atoms with Crippen LogP contribution in [0.3, 0.4) is 0 Å². The number of ether oxygens (including phenoxy) is 1. The maximum Gasteiger partial charge on any atom is 0.333 e. The summed E-state index contributed by atoms with van der Waals surface area (Å²) in [6.45, 7) is 0.310. The molecule has 9 heteroatoms. The lowest BCUT2D eigenvalue weighted by Gasteiger charge is -2.05. The van der Waals surface area contributed by atoms with Gasteiger partial charge in [0.15, 0.2) is 0 Å². The average molecular weight is 355 g/mol. The molecule has 2 aromatic rings. The molecule has 0 atom stereocenters. The minimum atomic E-state index is -0.492. The molecule has 0 radical (unpaired) electrons. The zero-order valence-corrected chi connectivity index (χ0v) is 13.8. The highest BCUT2D eigenvalue weighted by molar-refractivity contribution is 7.09. The highest BCUT2D eigenvalue weighted by Crippen LogP contribution is 2.18. The fourth-order valence-electron chi connectivity index (χ4n) is 1.57. The number of nitrogens with one attached hydrogen (secondary N) is 3. The SMILES string of the molecule is CNC(=O)NNC(=O)Cc1csc(COc2ccc(Cl)cc2)n1. The molecule has 0 spiro atoms. The van der Waals surface area contributed by atoms with Crippen molar-refractivity contribution >= 4 is 34.9 Å². The minimum Gasteiger partial charge on any atom is -0.486 e. The molecular weight excluding hydrogens is 340 g/mol. The zero-order valence-electron chi connectivity index (χ0n) is 12.3. The maximum atomic E-state index is 11.6. The van der Waals surface area contributed by atoms with E-state index >= 15 is 0 Å². The molecule has 3 amide bonds. The van der Waals surface area contributed by atoms with Crippen molar-refractivity contribution in [2.75, 3.05) is 7.05 Å². The summed E-state index contributed by atoms with van der Waals surface area (Å²) in [6.07, 6.45) is 0.0709. The maximum absolute atomic E-state index is 11.6. The van der Waals surface area contributed by atoms with Gasteiger partial charge in [-0.05, 0) is 24.3 Å². The van der Waals surface area contributed by atoms with Crippen molar-refractivity contribution in [2.45, 2.75) is 13.0 Å². The molecule has 122 valence electrons. The van der Waals surface area contributed by atoms with E-state index < -0.39 is 6.03 Å². The number of carbonyl (C=O) groups excluding carboxylic acids is 2. The van der Waals surface area contributed by atoms with Crippen LogP contribution in [0.15, 0.2) is 29.6 Å². The summed E-state index contributed by atoms with van der Waals surface area (Å²) in [5.74, 6) is 0.336. The van der Waals surface area contributed by atoms with Crippen LogP contribution in [0.5, 0.6) is 5.75 Å². The van der Waals surface area contributed by atoms with E-state index in [9.17, 15) is 9.59 Å². The van der Waals surface area contributed by atoms with E-state index in [-0.39, 0.29) is 12.3 Å². The summed E-state index contributed by atoms with van der Waals surface area (Å²) in [5.41, 5.74) is 5.09. The molecule has 0 saturated heterocycles. The molecule has 1 aromatic heterocycles. The number of hydrogen-bond donors (Lipinski definition) is 3. The van der Waals surface area contributed by atoms with Gasteiger partial charge in [0.25, 0.3) is 0 Å². The first-order valence-corrected chi connectivity index (χ1v) is 7.91. The van der Waals surface area contributed by atoms with Gasteiger partial charge in [0.2, 0.25) is 5.91 Å². The molecule has 23 heavy (non-hydrogen) atoms. The van der Waals surface area contributed by atoms with Crippen LogP contribution < -0.4 is 20.9 Å². The van der Waals surface area contributed by atoms with Crippen LogP contribution in [0.1, 0.15) is 10.7 Å². The van der Waals surface area contributed by atoms with E-state index in [4.69, 9.17) is 16.3 Å². The summed E-state index contributed by atoms with van der Waals surface area (Å²) in [4.78, 5) is 26.9. The van der Waals surface area contributed by atoms with Gasteiger partial charge in [-0.3, -0.25) is 10.2 Å². The number of thiazole rings is 1. The predicted octanol–water partition coefficient (Wildman–Crippen LogP) is 1.88. The van der Waals surface area contributed by atoms with Crippen LogP contribution in [0.4, 0.5) is 4.79 Å². The lowest BCUT2D eigenvalue weighted by atomic mass is 10.3. The van der Waals surface area contributed by atoms with Gasteiger partial charge in [-0.25, -0.2) is 15.2 Å². The summed E-state index contributed by atoms with van der Waals surface area (Å²) in [7, 11) is 1.45. The topological polar surface area (TPSA) is 92.4 Å². The number of benzene rings is 1. The molecule has 0 aliphatic heterocycles. The van der Waals surface area contributed by atoms with Crippen molar-refractivity contribution in [3.8, 4) is 5.75 Å². The van der Waals surface area contributed by atoms with Crippen LogP contribution in [0.25, 0.3) is 0 Å². The Balaban J connectivity index is 1.79. The molecule has 2 rings (SSSR count). The van der Waals surface area contributed by atoms with Gasteiger partial charge < -0.3 is 10.1 Å². The van der Waals surface area contributed by atoms with E-state index in [1.807, 2.05) is 0 Å². The Hall–Kier alpha value is -2.32. The van der Waals surface area contributed by atoms with E-state index in [0.717, 1.165) is 5.01 Å². The van der Waals surface area contributed by atoms with Crippen molar-refractivity contribution < 1.29 is 14.3 Å². The van der Waals surface area contributed by atoms with Gasteiger partial charge in [0.1, 0.15) is 17.4 Å². The Morgan fingerprint density at radius 3 is 2.70 bits per heavy atom. The molecule has 3 N–H and O–H groups in total. The third kappa shape index (κ3) is 5.76. The van der Waals surface area contributed by atoms with Gasteiger partial charge in [0, 0.05) is 17.5 Å². The highest BCUT2D eigenvalue weighted by atomic mass is 35.5. The molecule has 0 unspecified atom stereocenters. The number of rotatable bonds is 5. The Kier molecular flexibility index (Phi) is 6.19. The van der Waals surface area contributed by atoms with Crippen molar-refractivity contribution in [1.29, 1.82) is 0 Å². The van der Waals surface area contributed by atoms with Crippen LogP contribution >= 0.6 is 22.9 Å². The number of aromatic nitrogens is 1. The van der Waals surface area contributed by atoms with Crippen LogP contribution in [0.2, 0.25) is 5.02 Å². The number of amides is 3. The van der Waals surface area contributed by atoms with Gasteiger partial charge in [-0.1, -0.05) is 11.6 Å². The zero-order chi connectivity index (χ0) is 16.7. The van der Waals surface area contributed by atoms with E-state index in [0.29, 0.717) is 23.1 Å². The minimum absolute atomic E-state index is 0.0709. The van der Waals surface area contributed by atoms with Crippen molar-refractivity contribution in [2.24, 2.45) is 0 Å². The Morgan fingerprint density at radius 1 is 1.26 bits per heavy atom. The Morgan fingerprint density at radius 2 is 2.00 bits per heavy atom. The summed E-state index contributed by atoms with van der Waals surface area (Å²) in [5, 5.41) is 5.49. The normalized spacial score (nSPS) is 10.0. The second-order valence-electron chi connectivity index (χ2n) is 4.40. The molecule has 7 nitrogen and oxygen atoms in total. The van der Waals surface area contributed by atoms with E-state index in [1.54, 1.807) is 29.6 Å². The molecule has 0 fully saturated rings. The Bertz CT molecular complexity index is 675. The van der Waals surface area contributed by atoms with Crippen LogP contribution in [-0.2, 0) is 17.8 Å². The lowest BCUT2D eigenvalue weighted by Crippen LogP contribution is -2.46. The number of nitrogens with zero attached hydrogens (tertiary/aromatic N) is 1. The molecule has 1 heterocycles. The first kappa shape index (κ1) is 17.0. The third-order valence-electron chi connectivity index (χ3n) is 2.66. The van der Waals surface area contributed by atoms with Gasteiger partial charge in [-0.15, -0.1) is 11.3 Å². The molecule has 0 saturated carbocycles. The first-order valence-electron chi connectivity index (χ1n) is 6.65. The molecule has 0 bridgehead atoms. The fourth-order valence-corrected chi connectivity index (χ4v) is 2.40. The summed E-state index contributed by atoms with van der Waals surface area (Å²) in [6, 6.07) is 6.54. The highest BCUT2D eigenvalue weighted by Gasteiger charge is 2.09. The molecule has 1 aromatic carbocycles. The average Bonchev–Trinajstić information content (AvgIpc) is 2.99. The number of hydrazine groups is 1. The van der Waals surface area contributed by atoms with Gasteiger partial charge in [0.05, 0.1) is 12.1 Å². The number of urea groups is 1. The van der Waals surface area contributed by atoms with Crippen molar-refractivity contribution in [3.05, 3.63) is 45.4 Å². The number of halogens is 1. The second kappa shape index (κ2) is 8.35. The van der Waals surface area contributed by atoms with E-state index in [1.165, 1.54) is 18.4 Å². The number of carbonyl (C=O) groups is 2. The standard InChI is InChI=1S/C14H15ClN4O3S/c1-16-14(21)19-18-12(20)6-10-8-23-13(17-10)7-22-11-4-2-9(15)3-5-11/h2-5,8H,6-7H2,1H3,(H,18,20)(H2,16,19,21). The van der Waals surface area contributed by atoms with Crippen molar-refractivity contribution in [3.63, 3.8) is 0 Å². The van der Waals surface area contributed by atoms with Gasteiger partial charge in [-0.2, -0.15) is 0 Å². The molecule has 0 aliphatic carbocycles. The summed E-state index contributed by atoms with van der Waals surface area (Å²) >= 11 is 7.20. The van der Waals surface area contributed by atoms with Crippen LogP contribution in [-0.4, -0.2) is 24.0 Å². The number of hydrogen-bond acceptors (Lipinski definition) is 5. The van der Waals surface area contributed by atoms with Gasteiger partial charge >= 0.3 is 6.03 Å². The largest absolute Gasteiger partial charge is 0.486 e.